The normalized spacial score (nSPS) is 19.0. The summed E-state index contributed by atoms with van der Waals surface area (Å²) in [6.45, 7) is 4.99. The predicted octanol–water partition coefficient (Wildman–Crippen LogP) is 4.91. The van der Waals surface area contributed by atoms with E-state index in [1.54, 1.807) is 0 Å². The molecule has 2 aliphatic heterocycles. The van der Waals surface area contributed by atoms with E-state index in [0.717, 1.165) is 43.6 Å². The molecule has 8 heteroatoms. The van der Waals surface area contributed by atoms with Gasteiger partial charge in [-0.05, 0) is 80.6 Å². The van der Waals surface area contributed by atoms with Gasteiger partial charge in [0.25, 0.3) is 0 Å². The smallest absolute Gasteiger partial charge is 0.241 e. The zero-order chi connectivity index (χ0) is 24.0. The van der Waals surface area contributed by atoms with E-state index in [-0.39, 0.29) is 11.8 Å². The Balaban J connectivity index is 1.11. The fourth-order valence-electron chi connectivity index (χ4n) is 4.95. The van der Waals surface area contributed by atoms with Crippen LogP contribution < -0.4 is 10.2 Å². The van der Waals surface area contributed by atoms with Crippen LogP contribution in [0.5, 0.6) is 0 Å². The van der Waals surface area contributed by atoms with Crippen molar-refractivity contribution in [3.8, 4) is 11.4 Å². The molecule has 1 amide bonds. The molecular formula is C27H32ClN5O2. The number of benzene rings is 2. The van der Waals surface area contributed by atoms with Crippen molar-refractivity contribution < 1.29 is 9.32 Å². The molecule has 7 nitrogen and oxygen atoms in total. The first-order valence-corrected chi connectivity index (χ1v) is 12.9. The van der Waals surface area contributed by atoms with Gasteiger partial charge >= 0.3 is 0 Å². The van der Waals surface area contributed by atoms with Crippen molar-refractivity contribution in [1.82, 2.24) is 20.4 Å². The van der Waals surface area contributed by atoms with Gasteiger partial charge in [0, 0.05) is 42.5 Å². The third kappa shape index (κ3) is 6.21. The molecule has 2 aliphatic rings. The molecule has 0 spiro atoms. The lowest BCUT2D eigenvalue weighted by molar-refractivity contribution is -0.127. The first-order chi connectivity index (χ1) is 17.1. The number of nitrogens with zero attached hydrogens (tertiary/aromatic N) is 4. The van der Waals surface area contributed by atoms with Crippen LogP contribution in [0.2, 0.25) is 5.02 Å². The lowest BCUT2D eigenvalue weighted by Crippen LogP contribution is -2.42. The summed E-state index contributed by atoms with van der Waals surface area (Å²) >= 11 is 5.96. The van der Waals surface area contributed by atoms with Crippen molar-refractivity contribution in [3.05, 3.63) is 65.0 Å². The van der Waals surface area contributed by atoms with Gasteiger partial charge in [-0.25, -0.2) is 0 Å². The molecule has 184 valence electrons. The van der Waals surface area contributed by atoms with Gasteiger partial charge in [0.05, 0.1) is 12.5 Å². The Morgan fingerprint density at radius 3 is 2.54 bits per heavy atom. The molecule has 0 saturated carbocycles. The van der Waals surface area contributed by atoms with Crippen molar-refractivity contribution in [3.63, 3.8) is 0 Å². The fraction of sp³-hybridized carbons (Fsp3) is 0.444. The first kappa shape index (κ1) is 23.8. The minimum absolute atomic E-state index is 0.0324. The molecule has 3 aromatic rings. The summed E-state index contributed by atoms with van der Waals surface area (Å²) in [5.74, 6) is 1.19. The van der Waals surface area contributed by atoms with Crippen molar-refractivity contribution in [1.29, 1.82) is 0 Å². The molecule has 0 aliphatic carbocycles. The fourth-order valence-corrected chi connectivity index (χ4v) is 5.08. The van der Waals surface area contributed by atoms with Gasteiger partial charge in [0.1, 0.15) is 0 Å². The average Bonchev–Trinajstić information content (AvgIpc) is 3.37. The molecule has 3 heterocycles. The lowest BCUT2D eigenvalue weighted by atomic mass is 9.97. The zero-order valence-electron chi connectivity index (χ0n) is 20.0. The number of aromatic nitrogens is 2. The molecule has 1 unspecified atom stereocenters. The van der Waals surface area contributed by atoms with E-state index in [1.807, 2.05) is 24.3 Å². The summed E-state index contributed by atoms with van der Waals surface area (Å²) in [4.78, 5) is 22.1. The van der Waals surface area contributed by atoms with Crippen molar-refractivity contribution in [2.24, 2.45) is 5.92 Å². The van der Waals surface area contributed by atoms with E-state index >= 15 is 0 Å². The molecule has 35 heavy (non-hydrogen) atoms. The monoisotopic (exact) mass is 493 g/mol. The van der Waals surface area contributed by atoms with Crippen LogP contribution in [0.15, 0.2) is 53.1 Å². The Morgan fingerprint density at radius 2 is 1.77 bits per heavy atom. The zero-order valence-corrected chi connectivity index (χ0v) is 20.7. The van der Waals surface area contributed by atoms with Gasteiger partial charge in [0.15, 0.2) is 0 Å². The minimum atomic E-state index is -0.0324. The molecule has 2 aromatic carbocycles. The number of anilines is 1. The summed E-state index contributed by atoms with van der Waals surface area (Å²) in [6.07, 6.45) is 5.74. The van der Waals surface area contributed by atoms with Crippen LogP contribution in [0, 0.1) is 5.92 Å². The highest BCUT2D eigenvalue weighted by Gasteiger charge is 2.27. The lowest BCUT2D eigenvalue weighted by Gasteiger charge is -2.31. The summed E-state index contributed by atoms with van der Waals surface area (Å²) in [5, 5.41) is 7.91. The van der Waals surface area contributed by atoms with E-state index in [0.29, 0.717) is 36.4 Å². The van der Waals surface area contributed by atoms with Crippen LogP contribution in [-0.4, -0.2) is 47.1 Å². The number of rotatable bonds is 7. The molecule has 2 saturated heterocycles. The van der Waals surface area contributed by atoms with Gasteiger partial charge in [-0.15, -0.1) is 0 Å². The Bertz CT molecular complexity index is 1110. The number of halogens is 1. The molecule has 1 aromatic heterocycles. The molecule has 2 fully saturated rings. The van der Waals surface area contributed by atoms with Crippen LogP contribution in [0.4, 0.5) is 5.69 Å². The maximum absolute atomic E-state index is 12.9. The SMILES string of the molecule is O=C(NCc1ccc(N2CCCCC2)cc1)C1CCCN(Cc2nc(-c3ccc(Cl)cc3)no2)C1. The van der Waals surface area contributed by atoms with E-state index in [1.165, 1.54) is 24.9 Å². The second kappa shape index (κ2) is 11.2. The highest BCUT2D eigenvalue weighted by atomic mass is 35.5. The Kier molecular flexibility index (Phi) is 7.64. The molecule has 1 N–H and O–H groups in total. The van der Waals surface area contributed by atoms with Gasteiger partial charge in [0.2, 0.25) is 17.6 Å². The van der Waals surface area contributed by atoms with Crippen LogP contribution in [0.25, 0.3) is 11.4 Å². The third-order valence-electron chi connectivity index (χ3n) is 6.93. The number of carbonyl (C=O) groups is 1. The maximum Gasteiger partial charge on any atom is 0.241 e. The largest absolute Gasteiger partial charge is 0.372 e. The van der Waals surface area contributed by atoms with Gasteiger partial charge in [-0.3, -0.25) is 9.69 Å². The molecule has 5 rings (SSSR count). The molecule has 1 atom stereocenters. The average molecular weight is 494 g/mol. The number of amides is 1. The maximum atomic E-state index is 12.9. The number of nitrogens with one attached hydrogen (secondary N) is 1. The van der Waals surface area contributed by atoms with Crippen LogP contribution in [0.3, 0.4) is 0 Å². The second-order valence-electron chi connectivity index (χ2n) is 9.52. The summed E-state index contributed by atoms with van der Waals surface area (Å²) in [6, 6.07) is 16.0. The highest BCUT2D eigenvalue weighted by Crippen LogP contribution is 2.23. The van der Waals surface area contributed by atoms with E-state index < -0.39 is 0 Å². The highest BCUT2D eigenvalue weighted by molar-refractivity contribution is 6.30. The van der Waals surface area contributed by atoms with Gasteiger partial charge in [-0.1, -0.05) is 28.9 Å². The predicted molar refractivity (Wildman–Crippen MR) is 137 cm³/mol. The standard InChI is InChI=1S/C27H32ClN5O2/c28-23-10-8-21(9-11-23)26-30-25(35-31-26)19-32-14-4-5-22(18-32)27(34)29-17-20-6-12-24(13-7-20)33-15-2-1-3-16-33/h6-13,22H,1-5,14-19H2,(H,29,34). The molecule has 0 radical (unpaired) electrons. The quantitative estimate of drug-likeness (QED) is 0.504. The van der Waals surface area contributed by atoms with E-state index in [4.69, 9.17) is 16.1 Å². The Labute approximate surface area is 211 Å². The topological polar surface area (TPSA) is 74.5 Å². The molecule has 0 bridgehead atoms. The van der Waals surface area contributed by atoms with Gasteiger partial charge in [-0.2, -0.15) is 4.98 Å². The van der Waals surface area contributed by atoms with Crippen LogP contribution in [0.1, 0.15) is 43.6 Å². The first-order valence-electron chi connectivity index (χ1n) is 12.6. The van der Waals surface area contributed by atoms with Crippen molar-refractivity contribution >= 4 is 23.2 Å². The summed E-state index contributed by atoms with van der Waals surface area (Å²) in [7, 11) is 0. The second-order valence-corrected chi connectivity index (χ2v) is 9.96. The van der Waals surface area contributed by atoms with E-state index in [2.05, 4.69) is 49.5 Å². The van der Waals surface area contributed by atoms with E-state index in [9.17, 15) is 4.79 Å². The van der Waals surface area contributed by atoms with Crippen LogP contribution in [-0.2, 0) is 17.9 Å². The molecular weight excluding hydrogens is 462 g/mol. The van der Waals surface area contributed by atoms with Gasteiger partial charge < -0.3 is 14.7 Å². The number of piperidine rings is 2. The number of likely N-dealkylation sites (tertiary alicyclic amines) is 1. The summed E-state index contributed by atoms with van der Waals surface area (Å²) in [5.41, 5.74) is 3.28. The number of hydrogen-bond donors (Lipinski definition) is 1. The summed E-state index contributed by atoms with van der Waals surface area (Å²) < 4.78 is 5.47. The van der Waals surface area contributed by atoms with Crippen molar-refractivity contribution in [2.45, 2.75) is 45.2 Å². The number of carbonyl (C=O) groups excluding carboxylic acids is 1. The minimum Gasteiger partial charge on any atom is -0.372 e. The van der Waals surface area contributed by atoms with Crippen LogP contribution >= 0.6 is 11.6 Å². The Morgan fingerprint density at radius 1 is 1.00 bits per heavy atom. The Hall–Kier alpha value is -2.90. The number of hydrogen-bond acceptors (Lipinski definition) is 6. The third-order valence-corrected chi connectivity index (χ3v) is 7.18. The van der Waals surface area contributed by atoms with Crippen molar-refractivity contribution in [2.75, 3.05) is 31.1 Å².